The first kappa shape index (κ1) is 13.3. The molecule has 1 aromatic carbocycles. The van der Waals surface area contributed by atoms with Crippen LogP contribution in [-0.2, 0) is 19.1 Å². The molecule has 1 heterocycles. The van der Waals surface area contributed by atoms with Crippen LogP contribution in [0.4, 0.5) is 0 Å². The van der Waals surface area contributed by atoms with Crippen LogP contribution in [0, 0.1) is 11.8 Å². The quantitative estimate of drug-likeness (QED) is 0.783. The van der Waals surface area contributed by atoms with Crippen LogP contribution in [0.15, 0.2) is 36.4 Å². The molecule has 2 rings (SSSR count). The molecule has 0 bridgehead atoms. The number of esters is 2. The molecule has 19 heavy (non-hydrogen) atoms. The van der Waals surface area contributed by atoms with Gasteiger partial charge in [0.15, 0.2) is 0 Å². The second-order valence-electron chi connectivity index (χ2n) is 4.38. The topological polar surface area (TPSA) is 52.6 Å². The molecule has 100 valence electrons. The van der Waals surface area contributed by atoms with Crippen molar-refractivity contribution < 1.29 is 19.1 Å². The van der Waals surface area contributed by atoms with Crippen molar-refractivity contribution in [1.82, 2.24) is 0 Å². The number of rotatable bonds is 3. The fraction of sp³-hybridized carbons (Fsp3) is 0.333. The predicted molar refractivity (Wildman–Crippen MR) is 69.8 cm³/mol. The number of hydrogen-bond acceptors (Lipinski definition) is 4. The van der Waals surface area contributed by atoms with Crippen LogP contribution in [0.25, 0.3) is 5.76 Å². The van der Waals surface area contributed by atoms with Crippen LogP contribution in [0.5, 0.6) is 0 Å². The van der Waals surface area contributed by atoms with Crippen LogP contribution in [-0.4, -0.2) is 19.0 Å². The zero-order chi connectivity index (χ0) is 13.8. The Balaban J connectivity index is 2.38. The molecule has 1 aromatic rings. The highest BCUT2D eigenvalue weighted by Crippen LogP contribution is 2.32. The van der Waals surface area contributed by atoms with Gasteiger partial charge in [-0.3, -0.25) is 9.59 Å². The van der Waals surface area contributed by atoms with Crippen molar-refractivity contribution in [2.24, 2.45) is 11.8 Å². The maximum Gasteiger partial charge on any atom is 0.315 e. The standard InChI is InChI=1S/C15H16O4/c1-3-11-12(14(16)18-2)9-13(19-15(11)17)10-7-5-4-6-8-10/h4-9,11-12H,3H2,1-2H3/t11-,12-/m0/s1. The van der Waals surface area contributed by atoms with Gasteiger partial charge in [0.25, 0.3) is 0 Å². The first-order valence-electron chi connectivity index (χ1n) is 6.24. The van der Waals surface area contributed by atoms with Crippen LogP contribution in [0.2, 0.25) is 0 Å². The fourth-order valence-electron chi connectivity index (χ4n) is 2.19. The third-order valence-corrected chi connectivity index (χ3v) is 3.25. The minimum absolute atomic E-state index is 0.376. The Morgan fingerprint density at radius 2 is 2.00 bits per heavy atom. The minimum Gasteiger partial charge on any atom is -0.469 e. The van der Waals surface area contributed by atoms with Crippen LogP contribution < -0.4 is 0 Å². The van der Waals surface area contributed by atoms with Crippen LogP contribution in [0.3, 0.4) is 0 Å². The summed E-state index contributed by atoms with van der Waals surface area (Å²) in [5.41, 5.74) is 0.777. The number of cyclic esters (lactones) is 1. The van der Waals surface area contributed by atoms with Gasteiger partial charge in [0.2, 0.25) is 0 Å². The average Bonchev–Trinajstić information content (AvgIpc) is 2.46. The normalized spacial score (nSPS) is 22.4. The summed E-state index contributed by atoms with van der Waals surface area (Å²) in [6.45, 7) is 1.85. The molecule has 0 fully saturated rings. The van der Waals surface area contributed by atoms with E-state index in [-0.39, 0.29) is 5.97 Å². The molecule has 0 amide bonds. The Kier molecular flexibility index (Phi) is 4.00. The third kappa shape index (κ3) is 2.67. The van der Waals surface area contributed by atoms with E-state index in [2.05, 4.69) is 0 Å². The van der Waals surface area contributed by atoms with E-state index in [1.54, 1.807) is 6.08 Å². The van der Waals surface area contributed by atoms with Crippen molar-refractivity contribution in [2.75, 3.05) is 7.11 Å². The molecule has 0 N–H and O–H groups in total. The molecular weight excluding hydrogens is 244 g/mol. The third-order valence-electron chi connectivity index (χ3n) is 3.25. The zero-order valence-electron chi connectivity index (χ0n) is 11.0. The SMILES string of the molecule is CC[C@@H]1C(=O)OC(c2ccccc2)=C[C@@H]1C(=O)OC. The first-order chi connectivity index (χ1) is 9.17. The van der Waals surface area contributed by atoms with Crippen molar-refractivity contribution >= 4 is 17.7 Å². The fourth-order valence-corrected chi connectivity index (χ4v) is 2.19. The Bertz CT molecular complexity index is 504. The van der Waals surface area contributed by atoms with Gasteiger partial charge < -0.3 is 9.47 Å². The molecule has 2 atom stereocenters. The van der Waals surface area contributed by atoms with Crippen LogP contribution >= 0.6 is 0 Å². The Morgan fingerprint density at radius 1 is 1.32 bits per heavy atom. The van der Waals surface area contributed by atoms with Gasteiger partial charge in [-0.2, -0.15) is 0 Å². The van der Waals surface area contributed by atoms with Crippen molar-refractivity contribution in [1.29, 1.82) is 0 Å². The number of carbonyl (C=O) groups is 2. The number of hydrogen-bond donors (Lipinski definition) is 0. The number of benzene rings is 1. The highest BCUT2D eigenvalue weighted by atomic mass is 16.5. The summed E-state index contributed by atoms with van der Waals surface area (Å²) in [5, 5.41) is 0. The summed E-state index contributed by atoms with van der Waals surface area (Å²) >= 11 is 0. The van der Waals surface area contributed by atoms with Gasteiger partial charge in [0, 0.05) is 5.56 Å². The lowest BCUT2D eigenvalue weighted by molar-refractivity contribution is -0.155. The summed E-state index contributed by atoms with van der Waals surface area (Å²) in [5.74, 6) is -1.41. The molecule has 0 saturated heterocycles. The molecule has 1 aliphatic heterocycles. The Hall–Kier alpha value is -2.10. The Labute approximate surface area is 112 Å². The molecule has 4 heteroatoms. The maximum atomic E-state index is 12.0. The summed E-state index contributed by atoms with van der Waals surface area (Å²) in [6, 6.07) is 9.24. The molecule has 0 radical (unpaired) electrons. The van der Waals surface area contributed by atoms with Gasteiger partial charge in [-0.15, -0.1) is 0 Å². The van der Waals surface area contributed by atoms with Gasteiger partial charge >= 0.3 is 11.9 Å². The largest absolute Gasteiger partial charge is 0.469 e. The number of ether oxygens (including phenoxy) is 2. The van der Waals surface area contributed by atoms with Crippen LogP contribution in [0.1, 0.15) is 18.9 Å². The molecule has 0 aromatic heterocycles. The molecular formula is C15H16O4. The van der Waals surface area contributed by atoms with Crippen molar-refractivity contribution in [3.63, 3.8) is 0 Å². The van der Waals surface area contributed by atoms with E-state index in [0.29, 0.717) is 12.2 Å². The summed E-state index contributed by atoms with van der Waals surface area (Å²) < 4.78 is 10.1. The van der Waals surface area contributed by atoms with Gasteiger partial charge in [0.1, 0.15) is 5.76 Å². The predicted octanol–water partition coefficient (Wildman–Crippen LogP) is 2.40. The van der Waals surface area contributed by atoms with Gasteiger partial charge in [0.05, 0.1) is 18.9 Å². The second kappa shape index (κ2) is 5.69. The smallest absolute Gasteiger partial charge is 0.315 e. The molecule has 0 unspecified atom stereocenters. The van der Waals surface area contributed by atoms with E-state index in [1.807, 2.05) is 37.3 Å². The van der Waals surface area contributed by atoms with Crippen molar-refractivity contribution in [2.45, 2.75) is 13.3 Å². The van der Waals surface area contributed by atoms with E-state index in [0.717, 1.165) is 5.56 Å². The van der Waals surface area contributed by atoms with E-state index in [9.17, 15) is 9.59 Å². The minimum atomic E-state index is -0.577. The first-order valence-corrected chi connectivity index (χ1v) is 6.24. The average molecular weight is 260 g/mol. The summed E-state index contributed by atoms with van der Waals surface area (Å²) in [4.78, 5) is 23.8. The molecule has 0 saturated carbocycles. The van der Waals surface area contributed by atoms with Crippen molar-refractivity contribution in [3.05, 3.63) is 42.0 Å². The number of methoxy groups -OCH3 is 1. The lowest BCUT2D eigenvalue weighted by Crippen LogP contribution is -2.33. The lowest BCUT2D eigenvalue weighted by Gasteiger charge is -2.26. The molecule has 0 aliphatic carbocycles. The van der Waals surface area contributed by atoms with Gasteiger partial charge in [-0.05, 0) is 12.5 Å². The van der Waals surface area contributed by atoms with Gasteiger partial charge in [-0.1, -0.05) is 37.3 Å². The summed E-state index contributed by atoms with van der Waals surface area (Å²) in [6.07, 6.45) is 2.22. The highest BCUT2D eigenvalue weighted by molar-refractivity contribution is 5.90. The van der Waals surface area contributed by atoms with E-state index in [4.69, 9.17) is 9.47 Å². The Morgan fingerprint density at radius 3 is 2.58 bits per heavy atom. The second-order valence-corrected chi connectivity index (χ2v) is 4.38. The lowest BCUT2D eigenvalue weighted by atomic mass is 9.87. The highest BCUT2D eigenvalue weighted by Gasteiger charge is 2.37. The maximum absolute atomic E-state index is 12.0. The monoisotopic (exact) mass is 260 g/mol. The van der Waals surface area contributed by atoms with E-state index < -0.39 is 17.8 Å². The molecule has 4 nitrogen and oxygen atoms in total. The summed E-state index contributed by atoms with van der Waals surface area (Å²) in [7, 11) is 1.32. The van der Waals surface area contributed by atoms with Gasteiger partial charge in [-0.25, -0.2) is 0 Å². The van der Waals surface area contributed by atoms with E-state index in [1.165, 1.54) is 7.11 Å². The zero-order valence-corrected chi connectivity index (χ0v) is 11.0. The van der Waals surface area contributed by atoms with E-state index >= 15 is 0 Å². The molecule has 0 spiro atoms. The molecule has 1 aliphatic rings. The number of carbonyl (C=O) groups excluding carboxylic acids is 2. The van der Waals surface area contributed by atoms with Crippen molar-refractivity contribution in [3.8, 4) is 0 Å².